The fourth-order valence-electron chi connectivity index (χ4n) is 1.50. The first-order valence-electron chi connectivity index (χ1n) is 5.25. The summed E-state index contributed by atoms with van der Waals surface area (Å²) in [4.78, 5) is 22.2. The van der Waals surface area contributed by atoms with E-state index in [4.69, 9.17) is 0 Å². The van der Waals surface area contributed by atoms with Crippen LogP contribution in [-0.2, 0) is 20.7 Å². The largest absolute Gasteiger partial charge is 0.461 e. The second kappa shape index (κ2) is 4.79. The van der Waals surface area contributed by atoms with E-state index in [-0.39, 0.29) is 11.9 Å². The summed E-state index contributed by atoms with van der Waals surface area (Å²) in [7, 11) is 0. The van der Waals surface area contributed by atoms with Gasteiger partial charge in [-0.05, 0) is 12.0 Å². The van der Waals surface area contributed by atoms with Crippen molar-refractivity contribution in [2.45, 2.75) is 18.9 Å². The zero-order valence-electron chi connectivity index (χ0n) is 8.81. The SMILES string of the molecule is O=C(CCc1ccccc1)N[C@H]1COC1=O. The fourth-order valence-corrected chi connectivity index (χ4v) is 1.50. The van der Waals surface area contributed by atoms with Gasteiger partial charge in [0.05, 0.1) is 0 Å². The van der Waals surface area contributed by atoms with Gasteiger partial charge in [0.15, 0.2) is 6.04 Å². The van der Waals surface area contributed by atoms with Crippen molar-refractivity contribution in [2.75, 3.05) is 6.61 Å². The summed E-state index contributed by atoms with van der Waals surface area (Å²) < 4.78 is 4.55. The normalized spacial score (nSPS) is 18.5. The van der Waals surface area contributed by atoms with Crippen molar-refractivity contribution >= 4 is 11.9 Å². The van der Waals surface area contributed by atoms with Crippen molar-refractivity contribution in [3.05, 3.63) is 35.9 Å². The fraction of sp³-hybridized carbons (Fsp3) is 0.333. The second-order valence-electron chi connectivity index (χ2n) is 3.74. The molecule has 0 saturated carbocycles. The maximum Gasteiger partial charge on any atom is 0.332 e. The molecule has 0 radical (unpaired) electrons. The molecular formula is C12H13NO3. The van der Waals surface area contributed by atoms with E-state index in [1.165, 1.54) is 0 Å². The highest BCUT2D eigenvalue weighted by Crippen LogP contribution is 2.05. The minimum atomic E-state index is -0.428. The van der Waals surface area contributed by atoms with Gasteiger partial charge < -0.3 is 10.1 Å². The van der Waals surface area contributed by atoms with Gasteiger partial charge in [0, 0.05) is 6.42 Å². The molecule has 1 aliphatic heterocycles. The molecule has 0 spiro atoms. The maximum absolute atomic E-state index is 11.4. The van der Waals surface area contributed by atoms with E-state index in [0.29, 0.717) is 19.4 Å². The Hall–Kier alpha value is -1.84. The molecule has 1 aromatic rings. The summed E-state index contributed by atoms with van der Waals surface area (Å²) in [5.41, 5.74) is 1.12. The minimum absolute atomic E-state index is 0.106. The van der Waals surface area contributed by atoms with Gasteiger partial charge in [0.25, 0.3) is 0 Å². The lowest BCUT2D eigenvalue weighted by Crippen LogP contribution is -2.52. The van der Waals surface area contributed by atoms with E-state index in [9.17, 15) is 9.59 Å². The smallest absolute Gasteiger partial charge is 0.332 e. The third-order valence-corrected chi connectivity index (χ3v) is 2.50. The zero-order chi connectivity index (χ0) is 11.4. The van der Waals surface area contributed by atoms with Crippen molar-refractivity contribution in [1.29, 1.82) is 0 Å². The van der Waals surface area contributed by atoms with E-state index in [0.717, 1.165) is 5.56 Å². The molecule has 2 rings (SSSR count). The van der Waals surface area contributed by atoms with Crippen molar-refractivity contribution in [2.24, 2.45) is 0 Å². The number of hydrogen-bond acceptors (Lipinski definition) is 3. The summed E-state index contributed by atoms with van der Waals surface area (Å²) in [5, 5.41) is 2.62. The molecule has 0 aliphatic carbocycles. The number of amides is 1. The number of carbonyl (C=O) groups excluding carboxylic acids is 2. The van der Waals surface area contributed by atoms with Gasteiger partial charge in [-0.25, -0.2) is 4.79 Å². The molecule has 0 bridgehead atoms. The van der Waals surface area contributed by atoms with Gasteiger partial charge in [0.2, 0.25) is 5.91 Å². The molecule has 1 N–H and O–H groups in total. The molecule has 84 valence electrons. The molecule has 1 saturated heterocycles. The predicted molar refractivity (Wildman–Crippen MR) is 57.7 cm³/mol. The topological polar surface area (TPSA) is 55.4 Å². The molecule has 4 heteroatoms. The molecule has 4 nitrogen and oxygen atoms in total. The summed E-state index contributed by atoms with van der Waals surface area (Å²) in [6.07, 6.45) is 1.09. The standard InChI is InChI=1S/C12H13NO3/c14-11(13-10-8-16-12(10)15)7-6-9-4-2-1-3-5-9/h1-5,10H,6-8H2,(H,13,14)/t10-/m0/s1. The van der Waals surface area contributed by atoms with Crippen LogP contribution in [0.1, 0.15) is 12.0 Å². The number of aryl methyl sites for hydroxylation is 1. The van der Waals surface area contributed by atoms with Gasteiger partial charge in [0.1, 0.15) is 6.61 Å². The Labute approximate surface area is 93.6 Å². The van der Waals surface area contributed by atoms with Gasteiger partial charge in [-0.2, -0.15) is 0 Å². The number of hydrogen-bond donors (Lipinski definition) is 1. The number of esters is 1. The lowest BCUT2D eigenvalue weighted by atomic mass is 10.1. The zero-order valence-corrected chi connectivity index (χ0v) is 8.81. The Morgan fingerprint density at radius 2 is 2.12 bits per heavy atom. The Balaban J connectivity index is 1.74. The van der Waals surface area contributed by atoms with E-state index in [1.54, 1.807) is 0 Å². The molecule has 0 aromatic heterocycles. The lowest BCUT2D eigenvalue weighted by molar-refractivity contribution is -0.164. The second-order valence-corrected chi connectivity index (χ2v) is 3.74. The molecule has 1 heterocycles. The van der Waals surface area contributed by atoms with Crippen LogP contribution in [0.4, 0.5) is 0 Å². The van der Waals surface area contributed by atoms with Gasteiger partial charge in [-0.15, -0.1) is 0 Å². The van der Waals surface area contributed by atoms with Crippen LogP contribution >= 0.6 is 0 Å². The first-order valence-corrected chi connectivity index (χ1v) is 5.25. The van der Waals surface area contributed by atoms with Crippen LogP contribution in [0.25, 0.3) is 0 Å². The summed E-state index contributed by atoms with van der Waals surface area (Å²) in [6.45, 7) is 0.301. The molecule has 1 atom stereocenters. The van der Waals surface area contributed by atoms with E-state index in [2.05, 4.69) is 10.1 Å². The van der Waals surface area contributed by atoms with Crippen LogP contribution in [-0.4, -0.2) is 24.5 Å². The lowest BCUT2D eigenvalue weighted by Gasteiger charge is -2.25. The predicted octanol–water partition coefficient (Wildman–Crippen LogP) is 0.661. The summed E-state index contributed by atoms with van der Waals surface area (Å²) in [6, 6.07) is 9.35. The third-order valence-electron chi connectivity index (χ3n) is 2.50. The first kappa shape index (κ1) is 10.7. The highest BCUT2D eigenvalue weighted by Gasteiger charge is 2.31. The minimum Gasteiger partial charge on any atom is -0.461 e. The Morgan fingerprint density at radius 1 is 1.38 bits per heavy atom. The van der Waals surface area contributed by atoms with Crippen LogP contribution in [0.15, 0.2) is 30.3 Å². The Bertz CT molecular complexity index is 389. The maximum atomic E-state index is 11.4. The Morgan fingerprint density at radius 3 is 2.69 bits per heavy atom. The van der Waals surface area contributed by atoms with Gasteiger partial charge in [-0.3, -0.25) is 4.79 Å². The van der Waals surface area contributed by atoms with Crippen molar-refractivity contribution in [3.8, 4) is 0 Å². The van der Waals surface area contributed by atoms with Crippen LogP contribution in [0.2, 0.25) is 0 Å². The van der Waals surface area contributed by atoms with Crippen molar-refractivity contribution in [3.63, 3.8) is 0 Å². The quantitative estimate of drug-likeness (QED) is 0.757. The van der Waals surface area contributed by atoms with Gasteiger partial charge in [-0.1, -0.05) is 30.3 Å². The van der Waals surface area contributed by atoms with E-state index < -0.39 is 6.04 Å². The van der Waals surface area contributed by atoms with Crippen LogP contribution < -0.4 is 5.32 Å². The number of ether oxygens (including phenoxy) is 1. The van der Waals surface area contributed by atoms with E-state index >= 15 is 0 Å². The molecule has 1 amide bonds. The average Bonchev–Trinajstić information content (AvgIpc) is 2.33. The van der Waals surface area contributed by atoms with Crippen LogP contribution in [0.5, 0.6) is 0 Å². The first-order chi connectivity index (χ1) is 7.75. The molecule has 1 aromatic carbocycles. The number of carbonyl (C=O) groups is 2. The molecule has 1 aliphatic rings. The number of cyclic esters (lactones) is 1. The summed E-state index contributed by atoms with van der Waals surface area (Å²) in [5.74, 6) is -0.446. The molecule has 0 unspecified atom stereocenters. The van der Waals surface area contributed by atoms with Crippen LogP contribution in [0.3, 0.4) is 0 Å². The molecular weight excluding hydrogens is 206 g/mol. The van der Waals surface area contributed by atoms with Crippen LogP contribution in [0, 0.1) is 0 Å². The third kappa shape index (κ3) is 2.59. The summed E-state index contributed by atoms with van der Waals surface area (Å²) >= 11 is 0. The number of rotatable bonds is 4. The van der Waals surface area contributed by atoms with Crippen molar-refractivity contribution < 1.29 is 14.3 Å². The van der Waals surface area contributed by atoms with E-state index in [1.807, 2.05) is 30.3 Å². The highest BCUT2D eigenvalue weighted by atomic mass is 16.6. The molecule has 1 fully saturated rings. The Kier molecular flexibility index (Phi) is 3.19. The average molecular weight is 219 g/mol. The van der Waals surface area contributed by atoms with Crippen molar-refractivity contribution in [1.82, 2.24) is 5.32 Å². The van der Waals surface area contributed by atoms with Gasteiger partial charge >= 0.3 is 5.97 Å². The number of benzene rings is 1. The highest BCUT2D eigenvalue weighted by molar-refractivity contribution is 5.87. The molecule has 16 heavy (non-hydrogen) atoms. The number of nitrogens with one attached hydrogen (secondary N) is 1. The monoisotopic (exact) mass is 219 g/mol.